The number of allylic oxidation sites excluding steroid dienone is 1. The number of carbonyl (C=O) groups excluding carboxylic acids is 2. The van der Waals surface area contributed by atoms with Gasteiger partial charge in [0.1, 0.15) is 11.9 Å². The van der Waals surface area contributed by atoms with Gasteiger partial charge in [0, 0.05) is 19.3 Å². The van der Waals surface area contributed by atoms with Crippen LogP contribution in [0.15, 0.2) is 11.6 Å². The molecule has 0 aromatic carbocycles. The summed E-state index contributed by atoms with van der Waals surface area (Å²) in [6.07, 6.45) is 11.6. The van der Waals surface area contributed by atoms with Gasteiger partial charge in [-0.25, -0.2) is 0 Å². The molecule has 0 radical (unpaired) electrons. The van der Waals surface area contributed by atoms with Gasteiger partial charge in [0.15, 0.2) is 0 Å². The van der Waals surface area contributed by atoms with E-state index in [-0.39, 0.29) is 28.8 Å². The average Bonchev–Trinajstić information content (AvgIpc) is 2.92. The molecule has 0 aromatic rings. The molecule has 0 N–H and O–H groups in total. The minimum Gasteiger partial charge on any atom is -0.462 e. The Bertz CT molecular complexity index is 650. The monoisotopic (exact) mass is 358 g/mol. The highest BCUT2D eigenvalue weighted by molar-refractivity contribution is 5.79. The number of ketones is 1. The molecule has 0 bridgehead atoms. The van der Waals surface area contributed by atoms with Gasteiger partial charge in [0.25, 0.3) is 0 Å². The van der Waals surface area contributed by atoms with E-state index in [0.29, 0.717) is 11.7 Å². The molecule has 0 saturated heterocycles. The highest BCUT2D eigenvalue weighted by atomic mass is 16.5. The summed E-state index contributed by atoms with van der Waals surface area (Å²) in [7, 11) is 0. The third-order valence-corrected chi connectivity index (χ3v) is 8.88. The summed E-state index contributed by atoms with van der Waals surface area (Å²) >= 11 is 0. The maximum absolute atomic E-state index is 12.2. The molecule has 0 heterocycles. The van der Waals surface area contributed by atoms with Gasteiger partial charge in [-0.1, -0.05) is 25.5 Å². The first-order valence-electron chi connectivity index (χ1n) is 10.6. The predicted molar refractivity (Wildman–Crippen MR) is 101 cm³/mol. The predicted octanol–water partition coefficient (Wildman–Crippen LogP) is 5.09. The molecule has 144 valence electrons. The zero-order chi connectivity index (χ0) is 18.7. The van der Waals surface area contributed by atoms with E-state index in [1.807, 2.05) is 0 Å². The van der Waals surface area contributed by atoms with E-state index in [4.69, 9.17) is 4.74 Å². The second-order valence-corrected chi connectivity index (χ2v) is 10.0. The third kappa shape index (κ3) is 2.60. The molecule has 26 heavy (non-hydrogen) atoms. The summed E-state index contributed by atoms with van der Waals surface area (Å²) in [5.74, 6) is 2.72. The van der Waals surface area contributed by atoms with Gasteiger partial charge >= 0.3 is 5.97 Å². The molecular weight excluding hydrogens is 324 g/mol. The first-order chi connectivity index (χ1) is 12.3. The molecule has 7 atom stereocenters. The highest BCUT2D eigenvalue weighted by Crippen LogP contribution is 2.66. The summed E-state index contributed by atoms with van der Waals surface area (Å²) in [4.78, 5) is 23.6. The second kappa shape index (κ2) is 6.21. The Hall–Kier alpha value is -1.12. The minimum atomic E-state index is -0.150. The summed E-state index contributed by atoms with van der Waals surface area (Å²) in [6.45, 7) is 8.21. The van der Waals surface area contributed by atoms with Crippen molar-refractivity contribution in [2.45, 2.75) is 85.2 Å². The molecular formula is C23H34O3. The molecule has 4 rings (SSSR count). The van der Waals surface area contributed by atoms with Crippen molar-refractivity contribution >= 4 is 11.8 Å². The Morgan fingerprint density at radius 2 is 1.81 bits per heavy atom. The average molecular weight is 359 g/mol. The van der Waals surface area contributed by atoms with Crippen LogP contribution in [-0.4, -0.2) is 17.9 Å². The number of hydrogen-bond acceptors (Lipinski definition) is 3. The Morgan fingerprint density at radius 3 is 2.50 bits per heavy atom. The zero-order valence-corrected chi connectivity index (χ0v) is 16.8. The fraction of sp³-hybridized carbons (Fsp3) is 0.826. The van der Waals surface area contributed by atoms with E-state index in [1.54, 1.807) is 12.5 Å². The first kappa shape index (κ1) is 18.3. The van der Waals surface area contributed by atoms with Crippen LogP contribution in [-0.2, 0) is 14.3 Å². The van der Waals surface area contributed by atoms with E-state index < -0.39 is 0 Å². The van der Waals surface area contributed by atoms with Crippen LogP contribution in [0.3, 0.4) is 0 Å². The van der Waals surface area contributed by atoms with Gasteiger partial charge < -0.3 is 4.74 Å². The second-order valence-electron chi connectivity index (χ2n) is 10.0. The summed E-state index contributed by atoms with van der Waals surface area (Å²) in [5, 5.41) is 0. The quantitative estimate of drug-likeness (QED) is 0.510. The Kier molecular flexibility index (Phi) is 4.36. The standard InChI is InChI=1S/C23H34O3/c1-14(24)19-7-8-20-18-6-5-16-13-17(26-15(2)25)9-11-22(16,3)21(18)10-12-23(19,20)4/h5,17-21H,6-13H2,1-4H3/t17?,18?,19-,20?,21?,22+,23-/m1/s1. The van der Waals surface area contributed by atoms with Crippen LogP contribution in [0.2, 0.25) is 0 Å². The van der Waals surface area contributed by atoms with Crippen molar-refractivity contribution in [1.82, 2.24) is 0 Å². The fourth-order valence-corrected chi connectivity index (χ4v) is 7.63. The first-order valence-corrected chi connectivity index (χ1v) is 10.6. The van der Waals surface area contributed by atoms with Crippen LogP contribution in [0.1, 0.15) is 79.1 Å². The van der Waals surface area contributed by atoms with Crippen LogP contribution >= 0.6 is 0 Å². The lowest BCUT2D eigenvalue weighted by atomic mass is 9.47. The molecule has 0 amide bonds. The van der Waals surface area contributed by atoms with E-state index in [0.717, 1.165) is 43.9 Å². The van der Waals surface area contributed by atoms with Gasteiger partial charge in [0.05, 0.1) is 0 Å². The number of carbonyl (C=O) groups is 2. The Labute approximate surface area is 157 Å². The van der Waals surface area contributed by atoms with Gasteiger partial charge in [-0.2, -0.15) is 0 Å². The van der Waals surface area contributed by atoms with E-state index >= 15 is 0 Å². The maximum Gasteiger partial charge on any atom is 0.302 e. The molecule has 3 fully saturated rings. The van der Waals surface area contributed by atoms with Crippen LogP contribution in [0.25, 0.3) is 0 Å². The zero-order valence-electron chi connectivity index (χ0n) is 16.8. The summed E-state index contributed by atoms with van der Waals surface area (Å²) < 4.78 is 5.53. The molecule has 0 spiro atoms. The number of esters is 1. The van der Waals surface area contributed by atoms with Crippen molar-refractivity contribution in [2.24, 2.45) is 34.5 Å². The highest BCUT2D eigenvalue weighted by Gasteiger charge is 2.59. The van der Waals surface area contributed by atoms with Crippen LogP contribution in [0, 0.1) is 34.5 Å². The normalized spacial score (nSPS) is 47.2. The number of fused-ring (bicyclic) bond motifs is 5. The fourth-order valence-electron chi connectivity index (χ4n) is 7.63. The molecule has 4 aliphatic rings. The van der Waals surface area contributed by atoms with Crippen molar-refractivity contribution in [2.75, 3.05) is 0 Å². The van der Waals surface area contributed by atoms with Crippen molar-refractivity contribution in [1.29, 1.82) is 0 Å². The van der Waals surface area contributed by atoms with Crippen molar-refractivity contribution in [3.63, 3.8) is 0 Å². The van der Waals surface area contributed by atoms with Crippen LogP contribution in [0.4, 0.5) is 0 Å². The molecule has 0 aliphatic heterocycles. The Morgan fingerprint density at radius 1 is 1.04 bits per heavy atom. The van der Waals surface area contributed by atoms with E-state index in [1.165, 1.54) is 26.2 Å². The molecule has 3 nitrogen and oxygen atoms in total. The van der Waals surface area contributed by atoms with Crippen LogP contribution < -0.4 is 0 Å². The molecule has 3 heteroatoms. The summed E-state index contributed by atoms with van der Waals surface area (Å²) in [6, 6.07) is 0. The van der Waals surface area contributed by atoms with Gasteiger partial charge in [-0.05, 0) is 80.5 Å². The van der Waals surface area contributed by atoms with Gasteiger partial charge in [-0.15, -0.1) is 0 Å². The van der Waals surface area contributed by atoms with Crippen molar-refractivity contribution in [3.8, 4) is 0 Å². The largest absolute Gasteiger partial charge is 0.462 e. The lowest BCUT2D eigenvalue weighted by molar-refractivity contribution is -0.149. The maximum atomic E-state index is 12.2. The lowest BCUT2D eigenvalue weighted by Crippen LogP contribution is -2.51. The van der Waals surface area contributed by atoms with Crippen molar-refractivity contribution < 1.29 is 14.3 Å². The topological polar surface area (TPSA) is 43.4 Å². The van der Waals surface area contributed by atoms with Gasteiger partial charge in [-0.3, -0.25) is 9.59 Å². The van der Waals surface area contributed by atoms with E-state index in [2.05, 4.69) is 19.9 Å². The Balaban J connectivity index is 1.59. The lowest BCUT2D eigenvalue weighted by Gasteiger charge is -2.58. The van der Waals surface area contributed by atoms with Crippen LogP contribution in [0.5, 0.6) is 0 Å². The number of hydrogen-bond donors (Lipinski definition) is 0. The molecule has 4 aliphatic carbocycles. The van der Waals surface area contributed by atoms with E-state index in [9.17, 15) is 9.59 Å². The summed E-state index contributed by atoms with van der Waals surface area (Å²) in [5.41, 5.74) is 2.04. The SMILES string of the molecule is CC(=O)OC1CC[C@@]2(C)C(=CCC3C2CC[C@@]2(C)C3CC[C@@H]2C(C)=O)C1. The molecule has 4 unspecified atom stereocenters. The van der Waals surface area contributed by atoms with Gasteiger partial charge in [0.2, 0.25) is 0 Å². The minimum absolute atomic E-state index is 0.0748. The third-order valence-electron chi connectivity index (χ3n) is 8.88. The molecule has 0 aromatic heterocycles. The molecule has 3 saturated carbocycles. The number of ether oxygens (including phenoxy) is 1. The smallest absolute Gasteiger partial charge is 0.302 e. The number of rotatable bonds is 2. The number of Topliss-reactive ketones (excluding diaryl/α,β-unsaturated/α-hetero) is 1. The van der Waals surface area contributed by atoms with Crippen molar-refractivity contribution in [3.05, 3.63) is 11.6 Å².